The maximum atomic E-state index is 11.6. The SMILES string of the molecule is CCNS(=O)(=O)c1cnn(CC)c1C. The molecule has 0 saturated heterocycles. The van der Waals surface area contributed by atoms with Gasteiger partial charge in [-0.05, 0) is 13.8 Å². The first kappa shape index (κ1) is 11.2. The minimum atomic E-state index is -3.36. The lowest BCUT2D eigenvalue weighted by Crippen LogP contribution is -2.23. The van der Waals surface area contributed by atoms with Crippen molar-refractivity contribution in [2.75, 3.05) is 6.54 Å². The second-order valence-electron chi connectivity index (χ2n) is 2.91. The molecule has 0 amide bonds. The summed E-state index contributed by atoms with van der Waals surface area (Å²) in [6.45, 7) is 6.48. The molecule has 0 fully saturated rings. The monoisotopic (exact) mass is 217 g/mol. The van der Waals surface area contributed by atoms with Crippen molar-refractivity contribution in [2.45, 2.75) is 32.2 Å². The van der Waals surface area contributed by atoms with E-state index in [2.05, 4.69) is 9.82 Å². The van der Waals surface area contributed by atoms with Gasteiger partial charge in [0, 0.05) is 13.1 Å². The van der Waals surface area contributed by atoms with E-state index in [0.29, 0.717) is 18.8 Å². The molecule has 0 spiro atoms. The minimum Gasteiger partial charge on any atom is -0.269 e. The Labute approximate surface area is 84.2 Å². The number of hydrogen-bond donors (Lipinski definition) is 1. The normalized spacial score (nSPS) is 11.9. The molecule has 1 aromatic rings. The molecule has 0 unspecified atom stereocenters. The molecule has 5 nitrogen and oxygen atoms in total. The molecule has 0 atom stereocenters. The summed E-state index contributed by atoms with van der Waals surface area (Å²) in [7, 11) is -3.36. The Balaban J connectivity index is 3.14. The van der Waals surface area contributed by atoms with E-state index in [4.69, 9.17) is 0 Å². The zero-order valence-electron chi connectivity index (χ0n) is 8.61. The molecule has 1 aromatic heterocycles. The maximum absolute atomic E-state index is 11.6. The third-order valence-electron chi connectivity index (χ3n) is 1.98. The molecule has 6 heteroatoms. The second-order valence-corrected chi connectivity index (χ2v) is 4.65. The quantitative estimate of drug-likeness (QED) is 0.799. The highest BCUT2D eigenvalue weighted by Gasteiger charge is 2.18. The van der Waals surface area contributed by atoms with Gasteiger partial charge in [0.2, 0.25) is 10.0 Å². The lowest BCUT2D eigenvalue weighted by molar-refractivity contribution is 0.581. The van der Waals surface area contributed by atoms with Crippen molar-refractivity contribution < 1.29 is 8.42 Å². The van der Waals surface area contributed by atoms with Crippen LogP contribution in [0.25, 0.3) is 0 Å². The van der Waals surface area contributed by atoms with Gasteiger partial charge in [0.25, 0.3) is 0 Å². The lowest BCUT2D eigenvalue weighted by Gasteiger charge is -2.03. The van der Waals surface area contributed by atoms with Crippen molar-refractivity contribution in [1.29, 1.82) is 0 Å². The molecular weight excluding hydrogens is 202 g/mol. The third kappa shape index (κ3) is 1.96. The molecule has 0 radical (unpaired) electrons. The molecule has 1 heterocycles. The zero-order valence-corrected chi connectivity index (χ0v) is 9.43. The maximum Gasteiger partial charge on any atom is 0.243 e. The number of sulfonamides is 1. The Kier molecular flexibility index (Phi) is 3.28. The zero-order chi connectivity index (χ0) is 10.8. The summed E-state index contributed by atoms with van der Waals surface area (Å²) in [6.07, 6.45) is 1.39. The van der Waals surface area contributed by atoms with Crippen LogP contribution < -0.4 is 4.72 Å². The van der Waals surface area contributed by atoms with Gasteiger partial charge in [-0.15, -0.1) is 0 Å². The molecule has 1 rings (SSSR count). The second kappa shape index (κ2) is 4.10. The predicted molar refractivity (Wildman–Crippen MR) is 53.5 cm³/mol. The molecular formula is C8H15N3O2S. The lowest BCUT2D eigenvalue weighted by atomic mass is 10.5. The van der Waals surface area contributed by atoms with Gasteiger partial charge in [-0.25, -0.2) is 13.1 Å². The van der Waals surface area contributed by atoms with E-state index in [9.17, 15) is 8.42 Å². The Bertz CT molecular complexity index is 408. The van der Waals surface area contributed by atoms with Crippen molar-refractivity contribution >= 4 is 10.0 Å². The highest BCUT2D eigenvalue weighted by molar-refractivity contribution is 7.89. The average molecular weight is 217 g/mol. The summed E-state index contributed by atoms with van der Waals surface area (Å²) in [5.41, 5.74) is 0.674. The predicted octanol–water partition coefficient (Wildman–Crippen LogP) is 0.510. The smallest absolute Gasteiger partial charge is 0.243 e. The Morgan fingerprint density at radius 1 is 1.50 bits per heavy atom. The van der Waals surface area contributed by atoms with Gasteiger partial charge in [0.1, 0.15) is 4.90 Å². The van der Waals surface area contributed by atoms with E-state index in [0.717, 1.165) is 0 Å². The molecule has 1 N–H and O–H groups in total. The fourth-order valence-corrected chi connectivity index (χ4v) is 2.50. The van der Waals surface area contributed by atoms with Gasteiger partial charge in [-0.1, -0.05) is 6.92 Å². The van der Waals surface area contributed by atoms with Gasteiger partial charge in [0.05, 0.1) is 11.9 Å². The van der Waals surface area contributed by atoms with Crippen LogP contribution in [-0.2, 0) is 16.6 Å². The first-order chi connectivity index (χ1) is 6.53. The molecule has 80 valence electrons. The van der Waals surface area contributed by atoms with E-state index < -0.39 is 10.0 Å². The molecule has 0 saturated carbocycles. The summed E-state index contributed by atoms with van der Waals surface area (Å²) < 4.78 is 27.3. The highest BCUT2D eigenvalue weighted by atomic mass is 32.2. The number of nitrogens with one attached hydrogen (secondary N) is 1. The highest BCUT2D eigenvalue weighted by Crippen LogP contribution is 2.13. The van der Waals surface area contributed by atoms with Crippen LogP contribution in [0.4, 0.5) is 0 Å². The van der Waals surface area contributed by atoms with Crippen LogP contribution in [-0.4, -0.2) is 24.7 Å². The summed E-state index contributed by atoms with van der Waals surface area (Å²) in [5, 5.41) is 3.98. The first-order valence-corrected chi connectivity index (χ1v) is 6.03. The third-order valence-corrected chi connectivity index (χ3v) is 3.63. The average Bonchev–Trinajstić information content (AvgIpc) is 2.47. The van der Waals surface area contributed by atoms with Gasteiger partial charge in [-0.3, -0.25) is 4.68 Å². The summed E-state index contributed by atoms with van der Waals surface area (Å²) in [6, 6.07) is 0. The summed E-state index contributed by atoms with van der Waals surface area (Å²) >= 11 is 0. The molecule has 14 heavy (non-hydrogen) atoms. The Morgan fingerprint density at radius 2 is 2.14 bits per heavy atom. The van der Waals surface area contributed by atoms with E-state index in [-0.39, 0.29) is 4.90 Å². The Hall–Kier alpha value is -0.880. The fraction of sp³-hybridized carbons (Fsp3) is 0.625. The van der Waals surface area contributed by atoms with Gasteiger partial charge in [-0.2, -0.15) is 5.10 Å². The van der Waals surface area contributed by atoms with Crippen molar-refractivity contribution in [1.82, 2.24) is 14.5 Å². The number of aryl methyl sites for hydroxylation is 1. The van der Waals surface area contributed by atoms with Crippen molar-refractivity contribution in [3.63, 3.8) is 0 Å². The number of hydrogen-bond acceptors (Lipinski definition) is 3. The topological polar surface area (TPSA) is 64.0 Å². The molecule has 0 aliphatic rings. The van der Waals surface area contributed by atoms with Gasteiger partial charge in [0.15, 0.2) is 0 Å². The molecule has 0 aromatic carbocycles. The number of rotatable bonds is 4. The molecule has 0 aliphatic heterocycles. The van der Waals surface area contributed by atoms with Gasteiger partial charge >= 0.3 is 0 Å². The van der Waals surface area contributed by atoms with E-state index in [1.807, 2.05) is 6.92 Å². The van der Waals surface area contributed by atoms with Crippen LogP contribution in [0, 0.1) is 6.92 Å². The standard InChI is InChI=1S/C8H15N3O2S/c1-4-10-14(12,13)8-6-9-11(5-2)7(8)3/h6,10H,4-5H2,1-3H3. The summed E-state index contributed by atoms with van der Waals surface area (Å²) in [5.74, 6) is 0. The summed E-state index contributed by atoms with van der Waals surface area (Å²) in [4.78, 5) is 0.265. The van der Waals surface area contributed by atoms with Crippen molar-refractivity contribution in [3.8, 4) is 0 Å². The number of nitrogens with zero attached hydrogens (tertiary/aromatic N) is 2. The van der Waals surface area contributed by atoms with Crippen LogP contribution in [0.5, 0.6) is 0 Å². The van der Waals surface area contributed by atoms with Crippen LogP contribution in [0.2, 0.25) is 0 Å². The largest absolute Gasteiger partial charge is 0.269 e. The molecule has 0 aliphatic carbocycles. The van der Waals surface area contributed by atoms with Crippen molar-refractivity contribution in [3.05, 3.63) is 11.9 Å². The van der Waals surface area contributed by atoms with E-state index >= 15 is 0 Å². The van der Waals surface area contributed by atoms with Crippen LogP contribution in [0.3, 0.4) is 0 Å². The van der Waals surface area contributed by atoms with E-state index in [1.165, 1.54) is 6.20 Å². The Morgan fingerprint density at radius 3 is 2.57 bits per heavy atom. The fourth-order valence-electron chi connectivity index (χ4n) is 1.28. The molecule has 0 bridgehead atoms. The van der Waals surface area contributed by atoms with E-state index in [1.54, 1.807) is 18.5 Å². The van der Waals surface area contributed by atoms with Crippen molar-refractivity contribution in [2.24, 2.45) is 0 Å². The van der Waals surface area contributed by atoms with Crippen LogP contribution in [0.15, 0.2) is 11.1 Å². The van der Waals surface area contributed by atoms with Crippen LogP contribution in [0.1, 0.15) is 19.5 Å². The first-order valence-electron chi connectivity index (χ1n) is 4.55. The van der Waals surface area contributed by atoms with Gasteiger partial charge < -0.3 is 0 Å². The number of aromatic nitrogens is 2. The van der Waals surface area contributed by atoms with Crippen LogP contribution >= 0.6 is 0 Å². The minimum absolute atomic E-state index is 0.265.